The Labute approximate surface area is 129 Å². The van der Waals surface area contributed by atoms with Gasteiger partial charge in [0, 0.05) is 17.5 Å². The summed E-state index contributed by atoms with van der Waals surface area (Å²) in [5, 5.41) is 6.47. The maximum atomic E-state index is 11.6. The predicted molar refractivity (Wildman–Crippen MR) is 86.6 cm³/mol. The number of unbranched alkanes of at least 4 members (excludes halogenated alkanes) is 1. The molecule has 1 rings (SSSR count). The highest BCUT2D eigenvalue weighted by atomic mass is 35.5. The Morgan fingerprint density at radius 2 is 2.15 bits per heavy atom. The van der Waals surface area contributed by atoms with E-state index in [1.807, 2.05) is 19.9 Å². The van der Waals surface area contributed by atoms with Crippen LogP contribution in [0.4, 0.5) is 5.69 Å². The van der Waals surface area contributed by atoms with Gasteiger partial charge in [-0.25, -0.2) is 0 Å². The van der Waals surface area contributed by atoms with Gasteiger partial charge in [0.25, 0.3) is 0 Å². The molecule has 1 amide bonds. The van der Waals surface area contributed by atoms with Crippen LogP contribution in [0.25, 0.3) is 0 Å². The summed E-state index contributed by atoms with van der Waals surface area (Å²) in [6, 6.07) is 3.53. The van der Waals surface area contributed by atoms with E-state index in [1.54, 1.807) is 13.2 Å². The highest BCUT2D eigenvalue weighted by Crippen LogP contribution is 2.30. The molecule has 110 valence electrons. The van der Waals surface area contributed by atoms with Crippen LogP contribution in [0.3, 0.4) is 0 Å². The molecule has 1 aromatic rings. The number of ether oxygens (including phenoxy) is 1. The maximum Gasteiger partial charge on any atom is 0.226 e. The Bertz CT molecular complexity index is 506. The van der Waals surface area contributed by atoms with Crippen molar-refractivity contribution in [2.45, 2.75) is 33.1 Å². The molecule has 0 saturated heterocycles. The van der Waals surface area contributed by atoms with Gasteiger partial charge in [-0.3, -0.25) is 4.79 Å². The first kappa shape index (κ1) is 16.7. The summed E-state index contributed by atoms with van der Waals surface area (Å²) in [5.41, 5.74) is 1.57. The monoisotopic (exact) mass is 314 g/mol. The number of carbonyl (C=O) groups is 1. The molecule has 0 aliphatic carbocycles. The van der Waals surface area contributed by atoms with E-state index in [1.165, 1.54) is 0 Å². The summed E-state index contributed by atoms with van der Waals surface area (Å²) in [6.07, 6.45) is 2.28. The third kappa shape index (κ3) is 4.98. The van der Waals surface area contributed by atoms with E-state index in [-0.39, 0.29) is 11.0 Å². The second-order valence-electron chi connectivity index (χ2n) is 4.41. The van der Waals surface area contributed by atoms with E-state index in [0.717, 1.165) is 18.4 Å². The Hall–Kier alpha value is -1.33. The minimum absolute atomic E-state index is 0.0889. The lowest BCUT2D eigenvalue weighted by atomic mass is 10.2. The Morgan fingerprint density at radius 1 is 1.45 bits per heavy atom. The summed E-state index contributed by atoms with van der Waals surface area (Å²) >= 11 is 11.1. The minimum atomic E-state index is -0.0889. The summed E-state index contributed by atoms with van der Waals surface area (Å²) < 4.78 is 5.23. The normalized spacial score (nSPS) is 10.0. The van der Waals surface area contributed by atoms with Crippen LogP contribution in [0.1, 0.15) is 31.7 Å². The molecule has 0 aromatic heterocycles. The van der Waals surface area contributed by atoms with Crippen molar-refractivity contribution in [1.82, 2.24) is 5.32 Å². The molecule has 4 nitrogen and oxygen atoms in total. The molecule has 0 radical (unpaired) electrons. The van der Waals surface area contributed by atoms with Crippen LogP contribution in [0.15, 0.2) is 12.1 Å². The van der Waals surface area contributed by atoms with Crippen LogP contribution in [0, 0.1) is 6.92 Å². The fourth-order valence-electron chi connectivity index (χ4n) is 1.61. The van der Waals surface area contributed by atoms with Gasteiger partial charge in [-0.05, 0) is 37.2 Å². The summed E-state index contributed by atoms with van der Waals surface area (Å²) in [4.78, 5) is 11.6. The molecule has 0 atom stereocenters. The molecule has 6 heteroatoms. The van der Waals surface area contributed by atoms with Crippen LogP contribution in [-0.2, 0) is 4.79 Å². The molecule has 0 aliphatic rings. The van der Waals surface area contributed by atoms with E-state index in [4.69, 9.17) is 28.6 Å². The Morgan fingerprint density at radius 3 is 2.75 bits per heavy atom. The molecule has 0 fully saturated rings. The van der Waals surface area contributed by atoms with Gasteiger partial charge in [-0.2, -0.15) is 0 Å². The van der Waals surface area contributed by atoms with Crippen LogP contribution in [0.5, 0.6) is 5.75 Å². The SMILES string of the molecule is CCCCC(=O)NC(=S)Nc1cc(C)c(Cl)cc1OC. The van der Waals surface area contributed by atoms with Gasteiger partial charge < -0.3 is 15.4 Å². The molecule has 0 heterocycles. The summed E-state index contributed by atoms with van der Waals surface area (Å²) in [6.45, 7) is 3.92. The van der Waals surface area contributed by atoms with Gasteiger partial charge in [0.15, 0.2) is 5.11 Å². The van der Waals surface area contributed by atoms with Gasteiger partial charge in [-0.1, -0.05) is 24.9 Å². The van der Waals surface area contributed by atoms with Gasteiger partial charge in [0.2, 0.25) is 5.91 Å². The number of thiocarbonyl (C=S) groups is 1. The topological polar surface area (TPSA) is 50.4 Å². The lowest BCUT2D eigenvalue weighted by molar-refractivity contribution is -0.119. The molecule has 20 heavy (non-hydrogen) atoms. The number of anilines is 1. The Balaban J connectivity index is 2.70. The van der Waals surface area contributed by atoms with Gasteiger partial charge in [0.05, 0.1) is 12.8 Å². The number of carbonyl (C=O) groups excluding carboxylic acids is 1. The maximum absolute atomic E-state index is 11.6. The average molecular weight is 315 g/mol. The van der Waals surface area contributed by atoms with Crippen LogP contribution < -0.4 is 15.4 Å². The number of benzene rings is 1. The molecular weight excluding hydrogens is 296 g/mol. The second-order valence-corrected chi connectivity index (χ2v) is 5.22. The van der Waals surface area contributed by atoms with Crippen LogP contribution in [0.2, 0.25) is 5.02 Å². The van der Waals surface area contributed by atoms with E-state index in [9.17, 15) is 4.79 Å². The van der Waals surface area contributed by atoms with Crippen molar-refractivity contribution in [1.29, 1.82) is 0 Å². The fourth-order valence-corrected chi connectivity index (χ4v) is 1.99. The third-order valence-electron chi connectivity index (χ3n) is 2.74. The molecule has 0 spiro atoms. The molecule has 2 N–H and O–H groups in total. The number of hydrogen-bond acceptors (Lipinski definition) is 3. The van der Waals surface area contributed by atoms with Crippen molar-refractivity contribution < 1.29 is 9.53 Å². The first-order chi connectivity index (χ1) is 9.47. The number of rotatable bonds is 5. The smallest absolute Gasteiger partial charge is 0.226 e. The van der Waals surface area contributed by atoms with Crippen molar-refractivity contribution in [3.05, 3.63) is 22.7 Å². The number of hydrogen-bond donors (Lipinski definition) is 2. The largest absolute Gasteiger partial charge is 0.495 e. The number of methoxy groups -OCH3 is 1. The second kappa shape index (κ2) is 8.07. The van der Waals surface area contributed by atoms with Crippen molar-refractivity contribution in [3.63, 3.8) is 0 Å². The number of halogens is 1. The minimum Gasteiger partial charge on any atom is -0.495 e. The number of aryl methyl sites for hydroxylation is 1. The molecule has 0 aliphatic heterocycles. The lowest BCUT2D eigenvalue weighted by Gasteiger charge is -2.14. The van der Waals surface area contributed by atoms with Crippen molar-refractivity contribution in [2.24, 2.45) is 0 Å². The fraction of sp³-hybridized carbons (Fsp3) is 0.429. The van der Waals surface area contributed by atoms with Crippen molar-refractivity contribution in [2.75, 3.05) is 12.4 Å². The molecule has 1 aromatic carbocycles. The van der Waals surface area contributed by atoms with Gasteiger partial charge in [-0.15, -0.1) is 0 Å². The lowest BCUT2D eigenvalue weighted by Crippen LogP contribution is -2.34. The highest BCUT2D eigenvalue weighted by Gasteiger charge is 2.10. The van der Waals surface area contributed by atoms with Gasteiger partial charge in [0.1, 0.15) is 5.75 Å². The number of nitrogens with one attached hydrogen (secondary N) is 2. The predicted octanol–water partition coefficient (Wildman–Crippen LogP) is 3.66. The van der Waals surface area contributed by atoms with Crippen LogP contribution in [-0.4, -0.2) is 18.1 Å². The van der Waals surface area contributed by atoms with E-state index in [2.05, 4.69) is 10.6 Å². The molecular formula is C14H19ClN2O2S. The standard InChI is InChI=1S/C14H19ClN2O2S/c1-4-5-6-13(18)17-14(20)16-11-7-9(2)10(15)8-12(11)19-3/h7-8H,4-6H2,1-3H3,(H2,16,17,18,20). The first-order valence-electron chi connectivity index (χ1n) is 6.42. The van der Waals surface area contributed by atoms with E-state index < -0.39 is 0 Å². The zero-order valence-corrected chi connectivity index (χ0v) is 13.5. The molecule has 0 unspecified atom stereocenters. The Kier molecular flexibility index (Phi) is 6.75. The average Bonchev–Trinajstić information content (AvgIpc) is 2.40. The van der Waals surface area contributed by atoms with Crippen LogP contribution >= 0.6 is 23.8 Å². The zero-order chi connectivity index (χ0) is 15.1. The molecule has 0 bridgehead atoms. The van der Waals surface area contributed by atoms with E-state index in [0.29, 0.717) is 22.9 Å². The third-order valence-corrected chi connectivity index (χ3v) is 3.35. The summed E-state index contributed by atoms with van der Waals surface area (Å²) in [7, 11) is 1.55. The first-order valence-corrected chi connectivity index (χ1v) is 7.21. The van der Waals surface area contributed by atoms with Crippen molar-refractivity contribution >= 4 is 40.5 Å². The summed E-state index contributed by atoms with van der Waals surface area (Å²) in [5.74, 6) is 0.486. The molecule has 0 saturated carbocycles. The highest BCUT2D eigenvalue weighted by molar-refractivity contribution is 7.80. The quantitative estimate of drug-likeness (QED) is 0.814. The van der Waals surface area contributed by atoms with Crippen molar-refractivity contribution in [3.8, 4) is 5.75 Å². The zero-order valence-electron chi connectivity index (χ0n) is 11.9. The number of amides is 1. The van der Waals surface area contributed by atoms with E-state index >= 15 is 0 Å². The van der Waals surface area contributed by atoms with Gasteiger partial charge >= 0.3 is 0 Å².